The van der Waals surface area contributed by atoms with Crippen molar-refractivity contribution in [2.24, 2.45) is 0 Å². The first-order valence-corrected chi connectivity index (χ1v) is 13.1. The van der Waals surface area contributed by atoms with Crippen LogP contribution < -0.4 is 14.4 Å². The van der Waals surface area contributed by atoms with E-state index < -0.39 is 22.0 Å². The van der Waals surface area contributed by atoms with Gasteiger partial charge in [0, 0.05) is 16.1 Å². The number of halogens is 1. The van der Waals surface area contributed by atoms with E-state index in [9.17, 15) is 13.2 Å². The molecule has 0 radical (unpaired) electrons. The first-order chi connectivity index (χ1) is 16.9. The van der Waals surface area contributed by atoms with Crippen molar-refractivity contribution in [2.75, 3.05) is 16.2 Å². The fourth-order valence-electron chi connectivity index (χ4n) is 4.87. The molecular weight excluding hydrogens is 484 g/mol. The fraction of sp³-hybridized carbons (Fsp3) is 0.148. The number of anilines is 2. The molecular formula is C27H21ClN2O4S. The lowest BCUT2D eigenvalue weighted by Gasteiger charge is -2.34. The Morgan fingerprint density at radius 2 is 1.66 bits per heavy atom. The highest BCUT2D eigenvalue weighted by Crippen LogP contribution is 2.38. The highest BCUT2D eigenvalue weighted by molar-refractivity contribution is 7.92. The van der Waals surface area contributed by atoms with Crippen molar-refractivity contribution in [2.45, 2.75) is 23.8 Å². The molecule has 8 heteroatoms. The minimum absolute atomic E-state index is 0.0882. The summed E-state index contributed by atoms with van der Waals surface area (Å²) in [6.07, 6.45) is 0.948. The lowest BCUT2D eigenvalue weighted by atomic mass is 10.0. The van der Waals surface area contributed by atoms with Crippen LogP contribution in [0.3, 0.4) is 0 Å². The van der Waals surface area contributed by atoms with Crippen LogP contribution in [0, 0.1) is 0 Å². The van der Waals surface area contributed by atoms with E-state index in [-0.39, 0.29) is 11.4 Å². The molecule has 0 bridgehead atoms. The van der Waals surface area contributed by atoms with Crippen molar-refractivity contribution in [1.29, 1.82) is 0 Å². The SMILES string of the molecule is O=C(Nc1ccc2c3c(cccc13)CC2)[C@@H]1CN(S(=O)(=O)c2ccc(Cl)cc2)c2ccccc2O1. The van der Waals surface area contributed by atoms with E-state index in [1.54, 1.807) is 24.3 Å². The molecule has 2 aliphatic rings. The van der Waals surface area contributed by atoms with Crippen LogP contribution in [0.1, 0.15) is 11.1 Å². The average molecular weight is 505 g/mol. The fourth-order valence-corrected chi connectivity index (χ4v) is 6.47. The van der Waals surface area contributed by atoms with E-state index in [1.807, 2.05) is 24.3 Å². The Kier molecular flexibility index (Phi) is 5.20. The third-order valence-corrected chi connectivity index (χ3v) is 8.61. The van der Waals surface area contributed by atoms with Crippen molar-refractivity contribution >= 4 is 49.7 Å². The van der Waals surface area contributed by atoms with Crippen LogP contribution in [0.4, 0.5) is 11.4 Å². The first-order valence-electron chi connectivity index (χ1n) is 11.3. The van der Waals surface area contributed by atoms with E-state index in [1.165, 1.54) is 45.1 Å². The Bertz CT molecular complexity index is 1570. The van der Waals surface area contributed by atoms with Gasteiger partial charge in [-0.15, -0.1) is 0 Å². The molecule has 35 heavy (non-hydrogen) atoms. The Balaban J connectivity index is 1.34. The van der Waals surface area contributed by atoms with Gasteiger partial charge in [0.1, 0.15) is 5.75 Å². The van der Waals surface area contributed by atoms with E-state index in [2.05, 4.69) is 11.4 Å². The molecule has 1 atom stereocenters. The van der Waals surface area contributed by atoms with Crippen LogP contribution in [0.15, 0.2) is 83.8 Å². The first kappa shape index (κ1) is 21.9. The molecule has 1 heterocycles. The molecule has 4 aromatic carbocycles. The minimum Gasteiger partial charge on any atom is -0.476 e. The number of fused-ring (bicyclic) bond motifs is 1. The topological polar surface area (TPSA) is 75.7 Å². The number of hydrogen-bond donors (Lipinski definition) is 1. The maximum Gasteiger partial charge on any atom is 0.267 e. The monoisotopic (exact) mass is 504 g/mol. The summed E-state index contributed by atoms with van der Waals surface area (Å²) in [7, 11) is -3.95. The summed E-state index contributed by atoms with van der Waals surface area (Å²) >= 11 is 5.95. The van der Waals surface area contributed by atoms with Crippen LogP contribution >= 0.6 is 11.6 Å². The van der Waals surface area contributed by atoms with E-state index in [4.69, 9.17) is 16.3 Å². The summed E-state index contributed by atoms with van der Waals surface area (Å²) in [6, 6.07) is 22.8. The molecule has 0 aromatic heterocycles. The second kappa shape index (κ2) is 8.29. The quantitative estimate of drug-likeness (QED) is 0.415. The number of aryl methyl sites for hydroxylation is 2. The number of ether oxygens (including phenoxy) is 1. The van der Waals surface area contributed by atoms with E-state index >= 15 is 0 Å². The number of amides is 1. The van der Waals surface area contributed by atoms with Gasteiger partial charge in [0.25, 0.3) is 15.9 Å². The van der Waals surface area contributed by atoms with Gasteiger partial charge in [0.2, 0.25) is 0 Å². The van der Waals surface area contributed by atoms with Gasteiger partial charge in [-0.05, 0) is 71.8 Å². The second-order valence-corrected chi connectivity index (χ2v) is 11.0. The third-order valence-electron chi connectivity index (χ3n) is 6.56. The van der Waals surface area contributed by atoms with Gasteiger partial charge in [0.15, 0.2) is 6.10 Å². The van der Waals surface area contributed by atoms with Gasteiger partial charge < -0.3 is 10.1 Å². The van der Waals surface area contributed by atoms with Crippen LogP contribution in [0.5, 0.6) is 5.75 Å². The number of benzene rings is 4. The summed E-state index contributed by atoms with van der Waals surface area (Å²) in [5, 5.41) is 5.59. The minimum atomic E-state index is -3.95. The zero-order valence-corrected chi connectivity index (χ0v) is 20.1. The number of sulfonamides is 1. The highest BCUT2D eigenvalue weighted by atomic mass is 35.5. The maximum atomic E-state index is 13.5. The molecule has 176 valence electrons. The van der Waals surface area contributed by atoms with Crippen LogP contribution in [0.2, 0.25) is 5.02 Å². The zero-order valence-electron chi connectivity index (χ0n) is 18.6. The lowest BCUT2D eigenvalue weighted by Crippen LogP contribution is -2.48. The number of hydrogen-bond acceptors (Lipinski definition) is 4. The van der Waals surface area contributed by atoms with Crippen molar-refractivity contribution in [3.8, 4) is 5.75 Å². The summed E-state index contributed by atoms with van der Waals surface area (Å²) in [4.78, 5) is 13.5. The molecule has 0 saturated heterocycles. The summed E-state index contributed by atoms with van der Waals surface area (Å²) in [5.41, 5.74) is 3.62. The van der Waals surface area contributed by atoms with Gasteiger partial charge in [-0.1, -0.05) is 48.0 Å². The molecule has 1 amide bonds. The molecule has 1 N–H and O–H groups in total. The molecule has 4 aromatic rings. The average Bonchev–Trinajstić information content (AvgIpc) is 3.30. The Morgan fingerprint density at radius 1 is 0.914 bits per heavy atom. The molecule has 0 unspecified atom stereocenters. The number of carbonyl (C=O) groups is 1. The van der Waals surface area contributed by atoms with Crippen molar-refractivity contribution in [3.63, 3.8) is 0 Å². The largest absolute Gasteiger partial charge is 0.476 e. The van der Waals surface area contributed by atoms with E-state index in [0.29, 0.717) is 22.1 Å². The molecule has 6 rings (SSSR count). The lowest BCUT2D eigenvalue weighted by molar-refractivity contribution is -0.122. The molecule has 0 saturated carbocycles. The predicted molar refractivity (Wildman–Crippen MR) is 137 cm³/mol. The van der Waals surface area contributed by atoms with Crippen molar-refractivity contribution < 1.29 is 17.9 Å². The Morgan fingerprint density at radius 3 is 2.46 bits per heavy atom. The van der Waals surface area contributed by atoms with E-state index in [0.717, 1.165) is 18.2 Å². The molecule has 1 aliphatic carbocycles. The molecule has 6 nitrogen and oxygen atoms in total. The van der Waals surface area contributed by atoms with Crippen LogP contribution in [-0.4, -0.2) is 27.0 Å². The Hall–Kier alpha value is -3.55. The molecule has 1 aliphatic heterocycles. The van der Waals surface area contributed by atoms with Crippen molar-refractivity contribution in [1.82, 2.24) is 0 Å². The van der Waals surface area contributed by atoms with Crippen molar-refractivity contribution in [3.05, 3.63) is 95.0 Å². The standard InChI is InChI=1S/C27H21ClN2O4S/c28-19-11-13-20(14-12-19)35(32,33)30-16-25(34-24-7-2-1-6-23(24)30)27(31)29-22-15-10-18-9-8-17-4-3-5-21(22)26(17)18/h1-7,10-15,25H,8-9,16H2,(H,29,31)/t25-/m0/s1. The maximum absolute atomic E-state index is 13.5. The van der Waals surface area contributed by atoms with Gasteiger partial charge in [-0.25, -0.2) is 8.42 Å². The number of para-hydroxylation sites is 2. The molecule has 0 spiro atoms. The number of nitrogens with one attached hydrogen (secondary N) is 1. The van der Waals surface area contributed by atoms with Gasteiger partial charge in [0.05, 0.1) is 17.1 Å². The summed E-state index contributed by atoms with van der Waals surface area (Å²) in [5.74, 6) is -0.0774. The third kappa shape index (κ3) is 3.72. The second-order valence-electron chi connectivity index (χ2n) is 8.67. The number of carbonyl (C=O) groups excluding carboxylic acids is 1. The predicted octanol–water partition coefficient (Wildman–Crippen LogP) is 5.19. The zero-order chi connectivity index (χ0) is 24.2. The summed E-state index contributed by atoms with van der Waals surface area (Å²) in [6.45, 7) is -0.158. The number of rotatable bonds is 4. The highest BCUT2D eigenvalue weighted by Gasteiger charge is 2.37. The van der Waals surface area contributed by atoms with Crippen LogP contribution in [-0.2, 0) is 27.7 Å². The smallest absolute Gasteiger partial charge is 0.267 e. The normalized spacial score (nSPS) is 16.6. The van der Waals surface area contributed by atoms with Crippen LogP contribution in [0.25, 0.3) is 10.8 Å². The number of nitrogens with zero attached hydrogens (tertiary/aromatic N) is 1. The Labute approximate surface area is 208 Å². The summed E-state index contributed by atoms with van der Waals surface area (Å²) < 4.78 is 34.3. The van der Waals surface area contributed by atoms with Gasteiger partial charge in [-0.2, -0.15) is 0 Å². The van der Waals surface area contributed by atoms with Gasteiger partial charge in [-0.3, -0.25) is 9.10 Å². The molecule has 0 fully saturated rings. The van der Waals surface area contributed by atoms with Gasteiger partial charge >= 0.3 is 0 Å².